The van der Waals surface area contributed by atoms with Crippen LogP contribution in [-0.4, -0.2) is 29.0 Å². The highest BCUT2D eigenvalue weighted by atomic mass is 19.1. The number of rotatable bonds is 5. The van der Waals surface area contributed by atoms with Gasteiger partial charge < -0.3 is 15.4 Å². The molecule has 2 N–H and O–H groups in total. The van der Waals surface area contributed by atoms with Crippen LogP contribution in [0.15, 0.2) is 60.9 Å². The van der Waals surface area contributed by atoms with Crippen LogP contribution in [-0.2, 0) is 4.74 Å². The van der Waals surface area contributed by atoms with Crippen molar-refractivity contribution in [1.29, 1.82) is 0 Å². The van der Waals surface area contributed by atoms with Gasteiger partial charge in [-0.2, -0.15) is 0 Å². The summed E-state index contributed by atoms with van der Waals surface area (Å²) in [6.45, 7) is 0. The normalized spacial score (nSPS) is 10.1. The maximum atomic E-state index is 12.9. The van der Waals surface area contributed by atoms with E-state index in [9.17, 15) is 14.0 Å². The summed E-state index contributed by atoms with van der Waals surface area (Å²) in [4.78, 5) is 31.9. The minimum Gasteiger partial charge on any atom is -0.465 e. The maximum absolute atomic E-state index is 12.9. The molecule has 136 valence electrons. The fourth-order valence-corrected chi connectivity index (χ4v) is 2.23. The summed E-state index contributed by atoms with van der Waals surface area (Å²) in [5.41, 5.74) is 1.57. The van der Waals surface area contributed by atoms with Crippen molar-refractivity contribution >= 4 is 29.1 Å². The molecule has 1 amide bonds. The quantitative estimate of drug-likeness (QED) is 0.672. The van der Waals surface area contributed by atoms with Crippen molar-refractivity contribution in [2.45, 2.75) is 0 Å². The van der Waals surface area contributed by atoms with Gasteiger partial charge in [0.2, 0.25) is 0 Å². The summed E-state index contributed by atoms with van der Waals surface area (Å²) >= 11 is 0. The van der Waals surface area contributed by atoms with Crippen LogP contribution in [0, 0.1) is 5.82 Å². The Bertz CT molecular complexity index is 959. The highest BCUT2D eigenvalue weighted by Gasteiger charge is 2.10. The highest BCUT2D eigenvalue weighted by Crippen LogP contribution is 2.16. The zero-order valence-corrected chi connectivity index (χ0v) is 14.3. The van der Waals surface area contributed by atoms with Gasteiger partial charge >= 0.3 is 5.97 Å². The first kappa shape index (κ1) is 18.0. The van der Waals surface area contributed by atoms with Gasteiger partial charge in [-0.05, 0) is 42.5 Å². The predicted molar refractivity (Wildman–Crippen MR) is 97.4 cm³/mol. The first-order valence-electron chi connectivity index (χ1n) is 7.89. The fourth-order valence-electron chi connectivity index (χ4n) is 2.23. The molecule has 0 atom stereocenters. The van der Waals surface area contributed by atoms with Crippen LogP contribution in [0.3, 0.4) is 0 Å². The minimum absolute atomic E-state index is 0.105. The molecule has 0 spiro atoms. The van der Waals surface area contributed by atoms with Crippen LogP contribution in [0.25, 0.3) is 0 Å². The molecule has 0 saturated heterocycles. The van der Waals surface area contributed by atoms with E-state index in [0.717, 1.165) is 0 Å². The number of carbonyl (C=O) groups is 2. The maximum Gasteiger partial charge on any atom is 0.337 e. The second kappa shape index (κ2) is 8.05. The monoisotopic (exact) mass is 366 g/mol. The Morgan fingerprint density at radius 1 is 1.00 bits per heavy atom. The first-order chi connectivity index (χ1) is 13.0. The van der Waals surface area contributed by atoms with Crippen molar-refractivity contribution in [2.75, 3.05) is 17.7 Å². The molecule has 1 heterocycles. The number of nitrogens with zero attached hydrogens (tertiary/aromatic N) is 2. The Morgan fingerprint density at radius 3 is 2.44 bits per heavy atom. The predicted octanol–water partition coefficient (Wildman–Crippen LogP) is 3.40. The SMILES string of the molecule is COC(=O)c1cccc(Nc2cnc(C(=O)Nc3ccc(F)cc3)cn2)c1. The number of hydrogen-bond donors (Lipinski definition) is 2. The van der Waals surface area contributed by atoms with Gasteiger partial charge in [-0.25, -0.2) is 19.2 Å². The van der Waals surface area contributed by atoms with Crippen LogP contribution >= 0.6 is 0 Å². The lowest BCUT2D eigenvalue weighted by Gasteiger charge is -2.08. The number of anilines is 3. The number of carbonyl (C=O) groups excluding carboxylic acids is 2. The molecule has 0 aliphatic carbocycles. The van der Waals surface area contributed by atoms with E-state index in [-0.39, 0.29) is 11.5 Å². The van der Waals surface area contributed by atoms with Crippen molar-refractivity contribution in [1.82, 2.24) is 9.97 Å². The zero-order chi connectivity index (χ0) is 19.2. The fraction of sp³-hybridized carbons (Fsp3) is 0.0526. The second-order valence-corrected chi connectivity index (χ2v) is 5.45. The van der Waals surface area contributed by atoms with Gasteiger partial charge in [-0.15, -0.1) is 0 Å². The molecule has 0 unspecified atom stereocenters. The van der Waals surface area contributed by atoms with Gasteiger partial charge in [-0.1, -0.05) is 6.07 Å². The molecule has 3 rings (SSSR count). The van der Waals surface area contributed by atoms with Gasteiger partial charge in [0, 0.05) is 11.4 Å². The summed E-state index contributed by atoms with van der Waals surface area (Å²) in [7, 11) is 1.31. The number of hydrogen-bond acceptors (Lipinski definition) is 6. The van der Waals surface area contributed by atoms with Crippen molar-refractivity contribution in [2.24, 2.45) is 0 Å². The zero-order valence-electron chi connectivity index (χ0n) is 14.3. The average molecular weight is 366 g/mol. The molecule has 0 aliphatic rings. The molecule has 0 bridgehead atoms. The molecule has 27 heavy (non-hydrogen) atoms. The summed E-state index contributed by atoms with van der Waals surface area (Å²) in [5, 5.41) is 5.59. The number of ether oxygens (including phenoxy) is 1. The van der Waals surface area contributed by atoms with Crippen molar-refractivity contribution in [3.05, 3.63) is 78.0 Å². The number of esters is 1. The number of methoxy groups -OCH3 is 1. The van der Waals surface area contributed by atoms with Crippen LogP contribution in [0.2, 0.25) is 0 Å². The smallest absolute Gasteiger partial charge is 0.337 e. The summed E-state index contributed by atoms with van der Waals surface area (Å²) < 4.78 is 17.6. The average Bonchev–Trinajstić information content (AvgIpc) is 2.70. The number of halogens is 1. The molecule has 0 radical (unpaired) electrons. The molecular formula is C19H15FN4O3. The van der Waals surface area contributed by atoms with E-state index in [1.54, 1.807) is 24.3 Å². The largest absolute Gasteiger partial charge is 0.465 e. The molecule has 1 aromatic heterocycles. The Morgan fingerprint density at radius 2 is 1.78 bits per heavy atom. The number of aromatic nitrogens is 2. The number of amides is 1. The van der Waals surface area contributed by atoms with E-state index >= 15 is 0 Å². The van der Waals surface area contributed by atoms with Crippen LogP contribution in [0.4, 0.5) is 21.6 Å². The Balaban J connectivity index is 1.67. The third-order valence-electron chi connectivity index (χ3n) is 3.54. The van der Waals surface area contributed by atoms with E-state index < -0.39 is 11.9 Å². The van der Waals surface area contributed by atoms with E-state index in [1.807, 2.05) is 0 Å². The molecule has 0 saturated carbocycles. The molecule has 2 aromatic carbocycles. The number of nitrogens with one attached hydrogen (secondary N) is 2. The summed E-state index contributed by atoms with van der Waals surface area (Å²) in [6, 6.07) is 12.1. The lowest BCUT2D eigenvalue weighted by molar-refractivity contribution is 0.0600. The Kier molecular flexibility index (Phi) is 5.36. The van der Waals surface area contributed by atoms with Crippen LogP contribution in [0.1, 0.15) is 20.8 Å². The van der Waals surface area contributed by atoms with Gasteiger partial charge in [0.25, 0.3) is 5.91 Å². The first-order valence-corrected chi connectivity index (χ1v) is 7.89. The molecule has 0 aliphatic heterocycles. The van der Waals surface area contributed by atoms with Crippen molar-refractivity contribution in [3.8, 4) is 0 Å². The molecule has 3 aromatic rings. The number of benzene rings is 2. The third-order valence-corrected chi connectivity index (χ3v) is 3.54. The lowest BCUT2D eigenvalue weighted by Crippen LogP contribution is -2.14. The molecule has 0 fully saturated rings. The summed E-state index contributed by atoms with van der Waals surface area (Å²) in [6.07, 6.45) is 2.70. The molecule has 8 heteroatoms. The highest BCUT2D eigenvalue weighted by molar-refractivity contribution is 6.02. The van der Waals surface area contributed by atoms with Crippen LogP contribution < -0.4 is 10.6 Å². The van der Waals surface area contributed by atoms with Gasteiger partial charge in [0.1, 0.15) is 17.3 Å². The van der Waals surface area contributed by atoms with Crippen molar-refractivity contribution < 1.29 is 18.7 Å². The van der Waals surface area contributed by atoms with Crippen LogP contribution in [0.5, 0.6) is 0 Å². The van der Waals surface area contributed by atoms with Crippen molar-refractivity contribution in [3.63, 3.8) is 0 Å². The molecule has 7 nitrogen and oxygen atoms in total. The summed E-state index contributed by atoms with van der Waals surface area (Å²) in [5.74, 6) is -0.902. The lowest BCUT2D eigenvalue weighted by atomic mass is 10.2. The van der Waals surface area contributed by atoms with Gasteiger partial charge in [0.05, 0.1) is 25.1 Å². The van der Waals surface area contributed by atoms with E-state index in [0.29, 0.717) is 22.8 Å². The Labute approximate surface area is 154 Å². The van der Waals surface area contributed by atoms with E-state index in [1.165, 1.54) is 43.8 Å². The van der Waals surface area contributed by atoms with E-state index in [4.69, 9.17) is 0 Å². The van der Waals surface area contributed by atoms with Gasteiger partial charge in [0.15, 0.2) is 0 Å². The topological polar surface area (TPSA) is 93.2 Å². The molecular weight excluding hydrogens is 351 g/mol. The third kappa shape index (κ3) is 4.63. The minimum atomic E-state index is -0.464. The standard InChI is InChI=1S/C19H15FN4O3/c1-27-19(26)12-3-2-4-15(9-12)23-17-11-21-16(10-22-17)18(25)24-14-7-5-13(20)6-8-14/h2-11H,1H3,(H,22,23)(H,24,25). The second-order valence-electron chi connectivity index (χ2n) is 5.45. The van der Waals surface area contributed by atoms with E-state index in [2.05, 4.69) is 25.3 Å². The van der Waals surface area contributed by atoms with Gasteiger partial charge in [-0.3, -0.25) is 4.79 Å². The Hall–Kier alpha value is -3.81.